The lowest BCUT2D eigenvalue weighted by molar-refractivity contribution is -0.133. The quantitative estimate of drug-likeness (QED) is 0.646. The van der Waals surface area contributed by atoms with Crippen molar-refractivity contribution in [1.29, 1.82) is 0 Å². The summed E-state index contributed by atoms with van der Waals surface area (Å²) in [5, 5.41) is 2.04. The average Bonchev–Trinajstić information content (AvgIpc) is 3.09. The Morgan fingerprint density at radius 1 is 1.04 bits per heavy atom. The highest BCUT2D eigenvalue weighted by atomic mass is 32.1. The summed E-state index contributed by atoms with van der Waals surface area (Å²) < 4.78 is 5.11. The van der Waals surface area contributed by atoms with Gasteiger partial charge in [-0.1, -0.05) is 30.3 Å². The number of nitrogens with zero attached hydrogens (tertiary/aromatic N) is 3. The zero-order valence-corrected chi connectivity index (χ0v) is 17.9. The van der Waals surface area contributed by atoms with Gasteiger partial charge in [0, 0.05) is 39.2 Å². The molecule has 0 aliphatic heterocycles. The summed E-state index contributed by atoms with van der Waals surface area (Å²) in [5.41, 5.74) is 2.24. The number of hydrogen-bond donors (Lipinski definition) is 0. The molecule has 0 atom stereocenters. The largest absolute Gasteiger partial charge is 0.383 e. The normalized spacial score (nSPS) is 10.6. The van der Waals surface area contributed by atoms with Gasteiger partial charge in [-0.05, 0) is 29.5 Å². The summed E-state index contributed by atoms with van der Waals surface area (Å²) in [7, 11) is 4.95. The number of hydrogen-bond acceptors (Lipinski definition) is 4. The summed E-state index contributed by atoms with van der Waals surface area (Å²) in [6.45, 7) is 3.87. The molecule has 0 saturated carbocycles. The Hall–Kier alpha value is -2.38. The van der Waals surface area contributed by atoms with Crippen LogP contribution in [0.3, 0.4) is 0 Å². The van der Waals surface area contributed by atoms with Gasteiger partial charge in [-0.3, -0.25) is 4.79 Å². The summed E-state index contributed by atoms with van der Waals surface area (Å²) in [6, 6.07) is 11.8. The molecule has 0 radical (unpaired) electrons. The van der Waals surface area contributed by atoms with Gasteiger partial charge in [0.2, 0.25) is 5.91 Å². The van der Waals surface area contributed by atoms with E-state index in [1.54, 1.807) is 32.5 Å². The van der Waals surface area contributed by atoms with Gasteiger partial charge in [-0.15, -0.1) is 11.3 Å². The minimum atomic E-state index is -0.197. The molecule has 0 bridgehead atoms. The Kier molecular flexibility index (Phi) is 8.47. The van der Waals surface area contributed by atoms with Gasteiger partial charge in [-0.25, -0.2) is 4.79 Å². The molecule has 0 saturated heterocycles. The van der Waals surface area contributed by atoms with E-state index in [9.17, 15) is 9.59 Å². The minimum absolute atomic E-state index is 0.0254. The first-order chi connectivity index (χ1) is 13.4. The standard InChI is InChI=1S/C21H29N3O3S/c1-17-10-13-28-19(17)15-24(14-18-8-6-5-7-9-18)20(25)16-23(11-12-27-4)21(26)22(2)3/h5-10,13H,11-12,14-16H2,1-4H3. The molecule has 3 amide bonds. The predicted molar refractivity (Wildman–Crippen MR) is 112 cm³/mol. The van der Waals surface area contributed by atoms with Crippen molar-refractivity contribution < 1.29 is 14.3 Å². The van der Waals surface area contributed by atoms with Gasteiger partial charge in [-0.2, -0.15) is 0 Å². The number of carbonyl (C=O) groups excluding carboxylic acids is 2. The number of amides is 3. The molecule has 2 aromatic rings. The topological polar surface area (TPSA) is 53.1 Å². The summed E-state index contributed by atoms with van der Waals surface area (Å²) >= 11 is 1.65. The van der Waals surface area contributed by atoms with E-state index in [4.69, 9.17) is 4.74 Å². The van der Waals surface area contributed by atoms with Crippen molar-refractivity contribution in [3.63, 3.8) is 0 Å². The van der Waals surface area contributed by atoms with Gasteiger partial charge >= 0.3 is 6.03 Å². The van der Waals surface area contributed by atoms with E-state index in [-0.39, 0.29) is 18.5 Å². The van der Waals surface area contributed by atoms with Crippen molar-refractivity contribution in [2.45, 2.75) is 20.0 Å². The molecule has 1 aromatic carbocycles. The van der Waals surface area contributed by atoms with Crippen LogP contribution in [0.15, 0.2) is 41.8 Å². The maximum absolute atomic E-state index is 13.2. The molecule has 0 spiro atoms. The number of methoxy groups -OCH3 is 1. The van der Waals surface area contributed by atoms with E-state index in [0.717, 1.165) is 10.4 Å². The fraction of sp³-hybridized carbons (Fsp3) is 0.429. The first-order valence-corrected chi connectivity index (χ1v) is 10.1. The molecular weight excluding hydrogens is 374 g/mol. The van der Waals surface area contributed by atoms with Gasteiger partial charge in [0.25, 0.3) is 0 Å². The molecule has 0 aliphatic rings. The maximum atomic E-state index is 13.2. The lowest BCUT2D eigenvalue weighted by Crippen LogP contribution is -2.47. The molecule has 0 fully saturated rings. The summed E-state index contributed by atoms with van der Waals surface area (Å²) in [5.74, 6) is -0.0806. The molecule has 0 aliphatic carbocycles. The fourth-order valence-corrected chi connectivity index (χ4v) is 3.69. The third-order valence-corrected chi connectivity index (χ3v) is 5.42. The van der Waals surface area contributed by atoms with Crippen LogP contribution in [-0.2, 0) is 22.6 Å². The van der Waals surface area contributed by atoms with Crippen LogP contribution >= 0.6 is 11.3 Å². The van der Waals surface area contributed by atoms with Crippen LogP contribution in [0.5, 0.6) is 0 Å². The highest BCUT2D eigenvalue weighted by molar-refractivity contribution is 7.10. The Balaban J connectivity index is 2.18. The molecule has 152 valence electrons. The summed E-state index contributed by atoms with van der Waals surface area (Å²) in [4.78, 5) is 31.6. The number of rotatable bonds is 9. The average molecular weight is 404 g/mol. The SMILES string of the molecule is COCCN(CC(=O)N(Cc1ccccc1)Cc1sccc1C)C(=O)N(C)C. The highest BCUT2D eigenvalue weighted by Gasteiger charge is 2.23. The smallest absolute Gasteiger partial charge is 0.320 e. The van der Waals surface area contributed by atoms with Crippen LogP contribution in [0, 0.1) is 6.92 Å². The van der Waals surface area contributed by atoms with Crippen molar-refractivity contribution in [2.75, 3.05) is 40.9 Å². The van der Waals surface area contributed by atoms with Crippen molar-refractivity contribution in [3.8, 4) is 0 Å². The molecule has 0 N–H and O–H groups in total. The highest BCUT2D eigenvalue weighted by Crippen LogP contribution is 2.19. The van der Waals surface area contributed by atoms with Crippen LogP contribution < -0.4 is 0 Å². The monoisotopic (exact) mass is 403 g/mol. The number of thiophene rings is 1. The molecule has 0 unspecified atom stereocenters. The number of benzene rings is 1. The number of ether oxygens (including phenoxy) is 1. The molecular formula is C21H29N3O3S. The van der Waals surface area contributed by atoms with Crippen LogP contribution in [-0.4, -0.2) is 67.5 Å². The molecule has 6 nitrogen and oxygen atoms in total. The zero-order valence-electron chi connectivity index (χ0n) is 17.1. The molecule has 1 aromatic heterocycles. The minimum Gasteiger partial charge on any atom is -0.383 e. The van der Waals surface area contributed by atoms with Crippen molar-refractivity contribution in [2.24, 2.45) is 0 Å². The maximum Gasteiger partial charge on any atom is 0.320 e. The van der Waals surface area contributed by atoms with E-state index in [1.807, 2.05) is 40.6 Å². The lowest BCUT2D eigenvalue weighted by Gasteiger charge is -2.29. The first kappa shape index (κ1) is 21.9. The van der Waals surface area contributed by atoms with Crippen molar-refractivity contribution >= 4 is 23.3 Å². The third kappa shape index (κ3) is 6.35. The number of urea groups is 1. The van der Waals surface area contributed by atoms with E-state index in [2.05, 4.69) is 13.0 Å². The predicted octanol–water partition coefficient (Wildman–Crippen LogP) is 3.22. The Morgan fingerprint density at radius 2 is 1.75 bits per heavy atom. The number of aryl methyl sites for hydroxylation is 1. The van der Waals surface area contributed by atoms with E-state index in [1.165, 1.54) is 15.4 Å². The third-order valence-electron chi connectivity index (χ3n) is 4.42. The van der Waals surface area contributed by atoms with Crippen LogP contribution in [0.2, 0.25) is 0 Å². The Morgan fingerprint density at radius 3 is 2.32 bits per heavy atom. The fourth-order valence-electron chi connectivity index (χ4n) is 2.77. The molecule has 28 heavy (non-hydrogen) atoms. The van der Waals surface area contributed by atoms with Crippen molar-refractivity contribution in [3.05, 3.63) is 57.8 Å². The van der Waals surface area contributed by atoms with E-state index < -0.39 is 0 Å². The zero-order chi connectivity index (χ0) is 20.5. The van der Waals surface area contributed by atoms with E-state index >= 15 is 0 Å². The Labute approximate surface area is 171 Å². The van der Waals surface area contributed by atoms with Gasteiger partial charge in [0.05, 0.1) is 13.2 Å². The summed E-state index contributed by atoms with van der Waals surface area (Å²) in [6.07, 6.45) is 0. The molecule has 2 rings (SSSR count). The molecule has 7 heteroatoms. The van der Waals surface area contributed by atoms with E-state index in [0.29, 0.717) is 26.2 Å². The van der Waals surface area contributed by atoms with Gasteiger partial charge < -0.3 is 19.4 Å². The van der Waals surface area contributed by atoms with Crippen LogP contribution in [0.4, 0.5) is 4.79 Å². The van der Waals surface area contributed by atoms with Crippen LogP contribution in [0.25, 0.3) is 0 Å². The second kappa shape index (κ2) is 10.8. The van der Waals surface area contributed by atoms with Crippen LogP contribution in [0.1, 0.15) is 16.0 Å². The Bertz CT molecular complexity index is 761. The lowest BCUT2D eigenvalue weighted by atomic mass is 10.2. The second-order valence-corrected chi connectivity index (χ2v) is 7.85. The second-order valence-electron chi connectivity index (χ2n) is 6.85. The van der Waals surface area contributed by atoms with Gasteiger partial charge in [0.1, 0.15) is 6.54 Å². The van der Waals surface area contributed by atoms with Crippen molar-refractivity contribution in [1.82, 2.24) is 14.7 Å². The molecule has 1 heterocycles. The van der Waals surface area contributed by atoms with Gasteiger partial charge in [0.15, 0.2) is 0 Å². The number of carbonyl (C=O) groups is 2. The first-order valence-electron chi connectivity index (χ1n) is 9.22.